The summed E-state index contributed by atoms with van der Waals surface area (Å²) in [5.74, 6) is 0.522. The molecular formula is C40H56Cl2N4O3S2. The largest absolute Gasteiger partial charge is 0.481 e. The average molecular weight is 776 g/mol. The summed E-state index contributed by atoms with van der Waals surface area (Å²) in [5.41, 5.74) is 3.65. The maximum absolute atomic E-state index is 12.9. The molecular weight excluding hydrogens is 720 g/mol. The summed E-state index contributed by atoms with van der Waals surface area (Å²) >= 11 is 15.3. The van der Waals surface area contributed by atoms with Crippen molar-refractivity contribution in [3.05, 3.63) is 77.6 Å². The van der Waals surface area contributed by atoms with Crippen molar-refractivity contribution in [3.63, 3.8) is 0 Å². The number of H-pyrrole nitrogens is 1. The highest BCUT2D eigenvalue weighted by Crippen LogP contribution is 2.34. The van der Waals surface area contributed by atoms with Gasteiger partial charge in [-0.3, -0.25) is 14.7 Å². The molecule has 0 radical (unpaired) electrons. The molecule has 280 valence electrons. The molecule has 4 heterocycles. The first-order valence-electron chi connectivity index (χ1n) is 18.5. The lowest BCUT2D eigenvalue weighted by Crippen LogP contribution is -2.29. The minimum absolute atomic E-state index is 0.0776. The van der Waals surface area contributed by atoms with E-state index >= 15 is 0 Å². The number of hydrogen-bond donors (Lipinski definition) is 2. The Morgan fingerprint density at radius 3 is 1.69 bits per heavy atom. The third-order valence-electron chi connectivity index (χ3n) is 9.50. The standard InChI is InChI=1S/C20H27ClN2OS.C15H19ClN2S.C5H10O2/c1-20(2,3)19(24)23-15(9-10-16-11-12-18(21)25-16)13-17(22-23)14-7-5-4-6-8-14;16-15-9-8-13(19-15)7-6-12-10-14(18-17-12)11-4-2-1-3-5-11;1-5(2,3)4(6)7/h11-14H,4-10H2,1-3H3;8-11H,1-7H2,(H,17,18);1-3H3,(H,6,7). The van der Waals surface area contributed by atoms with Gasteiger partial charge in [0.2, 0.25) is 0 Å². The fourth-order valence-corrected chi connectivity index (χ4v) is 8.48. The van der Waals surface area contributed by atoms with Crippen LogP contribution in [0.5, 0.6) is 0 Å². The number of aromatic nitrogens is 4. The molecule has 0 aromatic carbocycles. The molecule has 2 N–H and O–H groups in total. The fraction of sp³-hybridized carbons (Fsp3) is 0.600. The van der Waals surface area contributed by atoms with Crippen molar-refractivity contribution in [3.8, 4) is 0 Å². The van der Waals surface area contributed by atoms with Crippen LogP contribution in [0.1, 0.15) is 155 Å². The second kappa shape index (κ2) is 19.0. The summed E-state index contributed by atoms with van der Waals surface area (Å²) in [4.78, 5) is 25.5. The van der Waals surface area contributed by atoms with E-state index in [-0.39, 0.29) is 5.91 Å². The van der Waals surface area contributed by atoms with Gasteiger partial charge in [-0.25, -0.2) is 4.68 Å². The van der Waals surface area contributed by atoms with Crippen LogP contribution in [-0.2, 0) is 30.5 Å². The van der Waals surface area contributed by atoms with Crippen molar-refractivity contribution in [2.24, 2.45) is 10.8 Å². The lowest BCUT2D eigenvalue weighted by Gasteiger charge is -2.20. The first kappa shape index (κ1) is 41.3. The van der Waals surface area contributed by atoms with E-state index in [2.05, 4.69) is 34.5 Å². The first-order valence-corrected chi connectivity index (χ1v) is 20.9. The molecule has 0 amide bonds. The Balaban J connectivity index is 0.000000198. The van der Waals surface area contributed by atoms with E-state index in [1.165, 1.54) is 85.4 Å². The number of thiophene rings is 2. The first-order chi connectivity index (χ1) is 24.1. The predicted octanol–water partition coefficient (Wildman–Crippen LogP) is 12.2. The van der Waals surface area contributed by atoms with E-state index < -0.39 is 16.8 Å². The molecule has 0 saturated heterocycles. The van der Waals surface area contributed by atoms with Gasteiger partial charge in [-0.2, -0.15) is 10.2 Å². The van der Waals surface area contributed by atoms with Crippen LogP contribution < -0.4 is 0 Å². The van der Waals surface area contributed by atoms with Crippen molar-refractivity contribution >= 4 is 57.8 Å². The van der Waals surface area contributed by atoms with Gasteiger partial charge < -0.3 is 5.11 Å². The van der Waals surface area contributed by atoms with Crippen LogP contribution in [0.15, 0.2) is 36.4 Å². The lowest BCUT2D eigenvalue weighted by molar-refractivity contribution is -0.145. The van der Waals surface area contributed by atoms with Crippen molar-refractivity contribution in [1.82, 2.24) is 20.0 Å². The highest BCUT2D eigenvalue weighted by Gasteiger charge is 2.28. The molecule has 0 aliphatic heterocycles. The second-order valence-corrected chi connectivity index (χ2v) is 19.6. The van der Waals surface area contributed by atoms with E-state index in [0.717, 1.165) is 45.7 Å². The highest BCUT2D eigenvalue weighted by molar-refractivity contribution is 7.16. The minimum Gasteiger partial charge on any atom is -0.481 e. The molecule has 0 unspecified atom stereocenters. The monoisotopic (exact) mass is 774 g/mol. The molecule has 2 saturated carbocycles. The van der Waals surface area contributed by atoms with Gasteiger partial charge in [-0.05, 0) is 109 Å². The van der Waals surface area contributed by atoms with Gasteiger partial charge in [0, 0.05) is 38.4 Å². The molecule has 4 aromatic rings. The zero-order valence-electron chi connectivity index (χ0n) is 31.2. The van der Waals surface area contributed by atoms with E-state index in [4.69, 9.17) is 33.4 Å². The topological polar surface area (TPSA) is 101 Å². The SMILES string of the molecule is CC(C)(C)C(=O)O.CC(C)(C)C(=O)n1nc(C2CCCCC2)cc1CCc1ccc(Cl)s1.Clc1ccc(CCc2cc(C3CCCCC3)n[nH]2)s1. The number of aromatic amines is 1. The molecule has 2 aliphatic carbocycles. The summed E-state index contributed by atoms with van der Waals surface area (Å²) < 4.78 is 3.37. The van der Waals surface area contributed by atoms with Crippen molar-refractivity contribution in [2.45, 2.75) is 143 Å². The van der Waals surface area contributed by atoms with Crippen molar-refractivity contribution in [2.75, 3.05) is 0 Å². The van der Waals surface area contributed by atoms with Gasteiger partial charge in [0.05, 0.1) is 25.5 Å². The van der Waals surface area contributed by atoms with Crippen LogP contribution in [0.3, 0.4) is 0 Å². The number of halogens is 2. The summed E-state index contributed by atoms with van der Waals surface area (Å²) in [7, 11) is 0. The van der Waals surface area contributed by atoms with Gasteiger partial charge in [0.15, 0.2) is 0 Å². The quantitative estimate of drug-likeness (QED) is 0.186. The molecule has 4 aromatic heterocycles. The maximum atomic E-state index is 12.9. The molecule has 7 nitrogen and oxygen atoms in total. The Kier molecular flexibility index (Phi) is 15.4. The maximum Gasteiger partial charge on any atom is 0.308 e. The Morgan fingerprint density at radius 1 is 0.745 bits per heavy atom. The Morgan fingerprint density at radius 2 is 1.24 bits per heavy atom. The number of aryl methyl sites for hydroxylation is 4. The zero-order chi connectivity index (χ0) is 37.2. The van der Waals surface area contributed by atoms with Crippen LogP contribution in [0.4, 0.5) is 0 Å². The molecule has 2 fully saturated rings. The fourth-order valence-electron chi connectivity index (χ4n) is 6.31. The van der Waals surface area contributed by atoms with Gasteiger partial charge in [-0.1, -0.05) is 82.5 Å². The highest BCUT2D eigenvalue weighted by atomic mass is 35.5. The smallest absolute Gasteiger partial charge is 0.308 e. The average Bonchev–Trinajstić information content (AvgIpc) is 3.91. The Hall–Kier alpha value is -2.46. The molecule has 0 bridgehead atoms. The number of hydrogen-bond acceptors (Lipinski definition) is 6. The summed E-state index contributed by atoms with van der Waals surface area (Å²) in [6.45, 7) is 10.9. The minimum atomic E-state index is -0.757. The van der Waals surface area contributed by atoms with Gasteiger partial charge in [0.25, 0.3) is 5.91 Å². The number of nitrogens with one attached hydrogen (secondary N) is 1. The molecule has 51 heavy (non-hydrogen) atoms. The zero-order valence-corrected chi connectivity index (χ0v) is 34.3. The van der Waals surface area contributed by atoms with E-state index in [9.17, 15) is 9.59 Å². The number of carbonyl (C=O) groups excluding carboxylic acids is 1. The summed E-state index contributed by atoms with van der Waals surface area (Å²) in [6, 6.07) is 12.5. The number of rotatable bonds is 8. The van der Waals surface area contributed by atoms with Crippen molar-refractivity contribution < 1.29 is 14.7 Å². The molecule has 0 atom stereocenters. The van der Waals surface area contributed by atoms with Crippen LogP contribution >= 0.6 is 45.9 Å². The molecule has 2 aliphatic rings. The van der Waals surface area contributed by atoms with Crippen LogP contribution in [0.2, 0.25) is 8.67 Å². The van der Waals surface area contributed by atoms with Crippen LogP contribution in [0.25, 0.3) is 0 Å². The van der Waals surface area contributed by atoms with E-state index in [0.29, 0.717) is 11.8 Å². The molecule has 6 rings (SSSR count). The number of aliphatic carboxylic acids is 1. The third-order valence-corrected chi connectivity index (χ3v) is 12.1. The second-order valence-electron chi connectivity index (χ2n) is 16.0. The number of carboxylic acids is 1. The van der Waals surface area contributed by atoms with Gasteiger partial charge in [0.1, 0.15) is 0 Å². The lowest BCUT2D eigenvalue weighted by atomic mass is 9.87. The van der Waals surface area contributed by atoms with Gasteiger partial charge >= 0.3 is 5.97 Å². The number of nitrogens with zero attached hydrogens (tertiary/aromatic N) is 3. The van der Waals surface area contributed by atoms with E-state index in [1.807, 2.05) is 32.9 Å². The number of carboxylic acid groups (broad SMARTS) is 1. The summed E-state index contributed by atoms with van der Waals surface area (Å²) in [5, 5.41) is 20.7. The van der Waals surface area contributed by atoms with Crippen molar-refractivity contribution in [1.29, 1.82) is 0 Å². The Bertz CT molecular complexity index is 1680. The van der Waals surface area contributed by atoms with Gasteiger partial charge in [-0.15, -0.1) is 22.7 Å². The Labute approximate surface area is 322 Å². The summed E-state index contributed by atoms with van der Waals surface area (Å²) in [6.07, 6.45) is 16.8. The third kappa shape index (κ3) is 13.2. The predicted molar refractivity (Wildman–Crippen MR) is 213 cm³/mol. The van der Waals surface area contributed by atoms with Crippen LogP contribution in [0, 0.1) is 10.8 Å². The number of carbonyl (C=O) groups is 2. The van der Waals surface area contributed by atoms with E-state index in [1.54, 1.807) is 48.1 Å². The normalized spacial score (nSPS) is 15.8. The van der Waals surface area contributed by atoms with Crippen LogP contribution in [-0.4, -0.2) is 37.0 Å². The molecule has 11 heteroatoms. The molecule has 0 spiro atoms.